The molecule has 1 heterocycles. The third-order valence-corrected chi connectivity index (χ3v) is 2.24. The highest BCUT2D eigenvalue weighted by Gasteiger charge is 2.20. The summed E-state index contributed by atoms with van der Waals surface area (Å²) in [5, 5.41) is 8.82. The second kappa shape index (κ2) is 3.21. The summed E-state index contributed by atoms with van der Waals surface area (Å²) in [5.74, 6) is 0.251. The third kappa shape index (κ3) is 1.28. The number of carbonyl (C=O) groups is 1. The number of hydrogen-bond acceptors (Lipinski definition) is 3. The summed E-state index contributed by atoms with van der Waals surface area (Å²) >= 11 is 0. The lowest BCUT2D eigenvalue weighted by molar-refractivity contribution is 0.0696. The summed E-state index contributed by atoms with van der Waals surface area (Å²) in [7, 11) is 1.53. The molecule has 1 N–H and O–H groups in total. The van der Waals surface area contributed by atoms with Crippen LogP contribution in [-0.4, -0.2) is 24.8 Å². The normalized spacial score (nSPS) is 13.2. The lowest BCUT2D eigenvalue weighted by Crippen LogP contribution is -1.98. The number of hydrogen-bond donors (Lipinski definition) is 1. The third-order valence-electron chi connectivity index (χ3n) is 2.24. The second-order valence-corrected chi connectivity index (χ2v) is 3.06. The Morgan fingerprint density at radius 1 is 1.57 bits per heavy atom. The van der Waals surface area contributed by atoms with Crippen molar-refractivity contribution in [1.29, 1.82) is 0 Å². The Balaban J connectivity index is 2.54. The lowest BCUT2D eigenvalue weighted by Gasteiger charge is -2.06. The smallest absolute Gasteiger partial charge is 0.335 e. The Kier molecular flexibility index (Phi) is 2.04. The Morgan fingerprint density at radius 3 is 3.00 bits per heavy atom. The molecule has 1 aromatic rings. The van der Waals surface area contributed by atoms with Gasteiger partial charge in [-0.15, -0.1) is 0 Å². The van der Waals surface area contributed by atoms with E-state index in [-0.39, 0.29) is 5.56 Å². The quantitative estimate of drug-likeness (QED) is 0.771. The van der Waals surface area contributed by atoms with Crippen LogP contribution >= 0.6 is 0 Å². The van der Waals surface area contributed by atoms with Gasteiger partial charge in [-0.2, -0.15) is 0 Å². The fraction of sp³-hybridized carbons (Fsp3) is 0.300. The fourth-order valence-electron chi connectivity index (χ4n) is 1.56. The molecule has 0 unspecified atom stereocenters. The molecule has 0 radical (unpaired) electrons. The van der Waals surface area contributed by atoms with Crippen LogP contribution < -0.4 is 9.47 Å². The number of carboxylic acids is 1. The highest BCUT2D eigenvalue weighted by molar-refractivity contribution is 5.89. The lowest BCUT2D eigenvalue weighted by atomic mass is 10.1. The first-order chi connectivity index (χ1) is 6.72. The van der Waals surface area contributed by atoms with Gasteiger partial charge in [-0.25, -0.2) is 4.79 Å². The van der Waals surface area contributed by atoms with Gasteiger partial charge < -0.3 is 14.6 Å². The molecule has 4 heteroatoms. The van der Waals surface area contributed by atoms with Crippen LogP contribution in [-0.2, 0) is 6.42 Å². The van der Waals surface area contributed by atoms with Crippen molar-refractivity contribution < 1.29 is 19.4 Å². The van der Waals surface area contributed by atoms with Gasteiger partial charge in [0, 0.05) is 12.0 Å². The number of carboxylic acid groups (broad SMARTS) is 1. The minimum Gasteiger partial charge on any atom is -0.496 e. The second-order valence-electron chi connectivity index (χ2n) is 3.06. The van der Waals surface area contributed by atoms with E-state index in [1.165, 1.54) is 19.2 Å². The summed E-state index contributed by atoms with van der Waals surface area (Å²) in [6, 6.07) is 3.06. The predicted molar refractivity (Wildman–Crippen MR) is 49.2 cm³/mol. The van der Waals surface area contributed by atoms with Crippen molar-refractivity contribution in [2.75, 3.05) is 13.7 Å². The number of fused-ring (bicyclic) bond motifs is 1. The summed E-state index contributed by atoms with van der Waals surface area (Å²) in [4.78, 5) is 10.8. The monoisotopic (exact) mass is 194 g/mol. The van der Waals surface area contributed by atoms with Crippen molar-refractivity contribution in [2.24, 2.45) is 0 Å². The first-order valence-electron chi connectivity index (χ1n) is 4.29. The molecule has 1 aliphatic rings. The van der Waals surface area contributed by atoms with Crippen LogP contribution in [0.4, 0.5) is 0 Å². The molecule has 0 aliphatic carbocycles. The van der Waals surface area contributed by atoms with Gasteiger partial charge in [0.1, 0.15) is 11.5 Å². The first-order valence-corrected chi connectivity index (χ1v) is 4.29. The van der Waals surface area contributed by atoms with Crippen LogP contribution in [0.2, 0.25) is 0 Å². The highest BCUT2D eigenvalue weighted by Crippen LogP contribution is 2.34. The van der Waals surface area contributed by atoms with E-state index in [4.69, 9.17) is 14.6 Å². The molecule has 0 bridgehead atoms. The van der Waals surface area contributed by atoms with Crippen molar-refractivity contribution >= 4 is 5.97 Å². The van der Waals surface area contributed by atoms with Gasteiger partial charge >= 0.3 is 5.97 Å². The highest BCUT2D eigenvalue weighted by atomic mass is 16.5. The summed E-state index contributed by atoms with van der Waals surface area (Å²) in [6.07, 6.45) is 0.776. The van der Waals surface area contributed by atoms with Gasteiger partial charge in [0.2, 0.25) is 0 Å². The zero-order valence-corrected chi connectivity index (χ0v) is 7.74. The zero-order chi connectivity index (χ0) is 10.1. The summed E-state index contributed by atoms with van der Waals surface area (Å²) in [6.45, 7) is 0.592. The summed E-state index contributed by atoms with van der Waals surface area (Å²) in [5.41, 5.74) is 1.15. The van der Waals surface area contributed by atoms with E-state index < -0.39 is 5.97 Å². The summed E-state index contributed by atoms with van der Waals surface area (Å²) < 4.78 is 10.4. The van der Waals surface area contributed by atoms with Gasteiger partial charge in [0.05, 0.1) is 19.3 Å². The van der Waals surface area contributed by atoms with Crippen molar-refractivity contribution in [3.05, 3.63) is 23.3 Å². The number of rotatable bonds is 2. The van der Waals surface area contributed by atoms with Crippen LogP contribution in [0, 0.1) is 0 Å². The maximum absolute atomic E-state index is 10.8. The molecule has 2 rings (SSSR count). The number of ether oxygens (including phenoxy) is 2. The standard InChI is InChI=1S/C10H10O4/c1-13-8-4-6(10(11)12)5-9-7(8)2-3-14-9/h4-5H,2-3H2,1H3,(H,11,12). The average molecular weight is 194 g/mol. The van der Waals surface area contributed by atoms with Crippen LogP contribution in [0.1, 0.15) is 15.9 Å². The molecule has 0 saturated heterocycles. The molecule has 4 nitrogen and oxygen atoms in total. The van der Waals surface area contributed by atoms with Crippen molar-refractivity contribution in [2.45, 2.75) is 6.42 Å². The molecule has 0 fully saturated rings. The molecular formula is C10H10O4. The first kappa shape index (κ1) is 8.87. The zero-order valence-electron chi connectivity index (χ0n) is 7.74. The van der Waals surface area contributed by atoms with Crippen LogP contribution in [0.3, 0.4) is 0 Å². The van der Waals surface area contributed by atoms with Gasteiger partial charge in [-0.3, -0.25) is 0 Å². The molecule has 1 aliphatic heterocycles. The van der Waals surface area contributed by atoms with Gasteiger partial charge in [-0.05, 0) is 12.1 Å². The Morgan fingerprint density at radius 2 is 2.36 bits per heavy atom. The minimum absolute atomic E-state index is 0.197. The minimum atomic E-state index is -0.971. The van der Waals surface area contributed by atoms with E-state index in [0.29, 0.717) is 18.1 Å². The maximum Gasteiger partial charge on any atom is 0.335 e. The molecule has 74 valence electrons. The van der Waals surface area contributed by atoms with E-state index in [1.54, 1.807) is 0 Å². The van der Waals surface area contributed by atoms with Crippen LogP contribution in [0.25, 0.3) is 0 Å². The van der Waals surface area contributed by atoms with E-state index >= 15 is 0 Å². The van der Waals surface area contributed by atoms with Gasteiger partial charge in [-0.1, -0.05) is 0 Å². The Hall–Kier alpha value is -1.71. The van der Waals surface area contributed by atoms with Gasteiger partial charge in [0.25, 0.3) is 0 Å². The maximum atomic E-state index is 10.8. The number of aromatic carboxylic acids is 1. The Bertz CT molecular complexity index is 384. The average Bonchev–Trinajstić information content (AvgIpc) is 2.63. The molecule has 0 aromatic heterocycles. The number of benzene rings is 1. The fourth-order valence-corrected chi connectivity index (χ4v) is 1.56. The van der Waals surface area contributed by atoms with Crippen molar-refractivity contribution in [3.63, 3.8) is 0 Å². The molecular weight excluding hydrogens is 184 g/mol. The topological polar surface area (TPSA) is 55.8 Å². The van der Waals surface area contributed by atoms with Crippen LogP contribution in [0.15, 0.2) is 12.1 Å². The van der Waals surface area contributed by atoms with Crippen molar-refractivity contribution in [3.8, 4) is 11.5 Å². The molecule has 0 spiro atoms. The molecule has 0 atom stereocenters. The van der Waals surface area contributed by atoms with Gasteiger partial charge in [0.15, 0.2) is 0 Å². The predicted octanol–water partition coefficient (Wildman–Crippen LogP) is 1.33. The number of methoxy groups -OCH3 is 1. The van der Waals surface area contributed by atoms with E-state index in [1.807, 2.05) is 0 Å². The van der Waals surface area contributed by atoms with Crippen molar-refractivity contribution in [1.82, 2.24) is 0 Å². The van der Waals surface area contributed by atoms with E-state index in [0.717, 1.165) is 12.0 Å². The molecule has 14 heavy (non-hydrogen) atoms. The van der Waals surface area contributed by atoms with Crippen LogP contribution in [0.5, 0.6) is 11.5 Å². The molecule has 1 aromatic carbocycles. The SMILES string of the molecule is COc1cc(C(=O)O)cc2c1CCO2. The Labute approximate surface area is 81.1 Å². The molecule has 0 saturated carbocycles. The van der Waals surface area contributed by atoms with E-state index in [9.17, 15) is 4.79 Å². The van der Waals surface area contributed by atoms with E-state index in [2.05, 4.69) is 0 Å². The largest absolute Gasteiger partial charge is 0.496 e. The molecule has 0 amide bonds.